The van der Waals surface area contributed by atoms with E-state index in [1.54, 1.807) is 11.1 Å². The lowest BCUT2D eigenvalue weighted by molar-refractivity contribution is -0.135. The molecule has 2 amide bonds. The normalized spacial score (nSPS) is 27.5. The highest BCUT2D eigenvalue weighted by Gasteiger charge is 2.43. The Kier molecular flexibility index (Phi) is 5.24. The number of H-pyrrole nitrogens is 1. The summed E-state index contributed by atoms with van der Waals surface area (Å²) in [6.45, 7) is 3.60. The van der Waals surface area contributed by atoms with Crippen molar-refractivity contribution in [2.75, 3.05) is 26.2 Å². The smallest absolute Gasteiger partial charge is 0.239 e. The van der Waals surface area contributed by atoms with E-state index in [4.69, 9.17) is 0 Å². The highest BCUT2D eigenvalue weighted by Crippen LogP contribution is 2.41. The molecule has 7 nitrogen and oxygen atoms in total. The maximum Gasteiger partial charge on any atom is 0.239 e. The molecule has 1 saturated carbocycles. The first-order chi connectivity index (χ1) is 12.7. The first-order valence-corrected chi connectivity index (χ1v) is 9.97. The van der Waals surface area contributed by atoms with Crippen LogP contribution in [0.3, 0.4) is 0 Å². The van der Waals surface area contributed by atoms with Crippen LogP contribution in [0.5, 0.6) is 0 Å². The molecule has 1 aliphatic carbocycles. The Hall–Kier alpha value is -1.89. The number of hydrogen-bond acceptors (Lipinski definition) is 4. The molecule has 4 rings (SSSR count). The quantitative estimate of drug-likeness (QED) is 0.798. The molecule has 0 radical (unpaired) electrons. The van der Waals surface area contributed by atoms with Crippen LogP contribution in [0.1, 0.15) is 44.3 Å². The molecule has 7 heteroatoms. The van der Waals surface area contributed by atoms with Crippen LogP contribution in [0, 0.1) is 11.8 Å². The number of imidazole rings is 1. The number of rotatable bonds is 6. The van der Waals surface area contributed by atoms with Crippen LogP contribution in [-0.4, -0.2) is 63.8 Å². The maximum absolute atomic E-state index is 12.6. The number of nitrogens with zero attached hydrogens (tertiary/aromatic N) is 3. The lowest BCUT2D eigenvalue weighted by atomic mass is 9.98. The van der Waals surface area contributed by atoms with Crippen LogP contribution >= 0.6 is 0 Å². The van der Waals surface area contributed by atoms with E-state index in [0.29, 0.717) is 18.9 Å². The Morgan fingerprint density at radius 2 is 2.15 bits per heavy atom. The van der Waals surface area contributed by atoms with E-state index in [2.05, 4.69) is 20.2 Å². The summed E-state index contributed by atoms with van der Waals surface area (Å²) in [6.07, 6.45) is 9.79. The van der Waals surface area contributed by atoms with Gasteiger partial charge in [-0.3, -0.25) is 14.5 Å². The minimum atomic E-state index is -0.00394. The molecular formula is C19H29N5O2. The van der Waals surface area contributed by atoms with Crippen LogP contribution in [0.2, 0.25) is 0 Å². The van der Waals surface area contributed by atoms with Gasteiger partial charge in [-0.1, -0.05) is 6.42 Å². The number of carbonyl (C=O) groups excluding carboxylic acids is 2. The second kappa shape index (κ2) is 7.78. The summed E-state index contributed by atoms with van der Waals surface area (Å²) >= 11 is 0. The lowest BCUT2D eigenvalue weighted by Crippen LogP contribution is -2.47. The van der Waals surface area contributed by atoms with Gasteiger partial charge in [0.2, 0.25) is 11.8 Å². The van der Waals surface area contributed by atoms with E-state index in [1.165, 1.54) is 12.8 Å². The minimum absolute atomic E-state index is 0.00394. The van der Waals surface area contributed by atoms with Gasteiger partial charge in [0.25, 0.3) is 0 Å². The van der Waals surface area contributed by atoms with E-state index in [0.717, 1.165) is 50.6 Å². The van der Waals surface area contributed by atoms with Gasteiger partial charge < -0.3 is 15.2 Å². The van der Waals surface area contributed by atoms with Crippen LogP contribution in [0.15, 0.2) is 12.4 Å². The molecule has 2 saturated heterocycles. The molecule has 3 aliphatic rings. The Morgan fingerprint density at radius 1 is 1.27 bits per heavy atom. The van der Waals surface area contributed by atoms with Gasteiger partial charge in [0.15, 0.2) is 0 Å². The van der Waals surface area contributed by atoms with Gasteiger partial charge in [0.1, 0.15) is 5.82 Å². The molecule has 2 atom stereocenters. The first kappa shape index (κ1) is 17.5. The molecule has 0 unspecified atom stereocenters. The topological polar surface area (TPSA) is 81.3 Å². The second-order valence-corrected chi connectivity index (χ2v) is 8.03. The highest BCUT2D eigenvalue weighted by atomic mass is 16.2. The van der Waals surface area contributed by atoms with Gasteiger partial charge in [0, 0.05) is 44.5 Å². The molecule has 0 spiro atoms. The van der Waals surface area contributed by atoms with Gasteiger partial charge in [0.05, 0.1) is 13.1 Å². The molecule has 3 fully saturated rings. The number of amides is 2. The van der Waals surface area contributed by atoms with Crippen LogP contribution in [0.4, 0.5) is 0 Å². The van der Waals surface area contributed by atoms with Crippen molar-refractivity contribution in [2.24, 2.45) is 11.8 Å². The Bertz CT molecular complexity index is 628. The van der Waals surface area contributed by atoms with Gasteiger partial charge >= 0.3 is 0 Å². The largest absolute Gasteiger partial charge is 0.350 e. The average Bonchev–Trinajstić information content (AvgIpc) is 3.26. The third kappa shape index (κ3) is 4.26. The molecule has 3 heterocycles. The third-order valence-electron chi connectivity index (χ3n) is 5.95. The molecule has 1 aromatic heterocycles. The fourth-order valence-electron chi connectivity index (χ4n) is 4.42. The molecule has 26 heavy (non-hydrogen) atoms. The monoisotopic (exact) mass is 359 g/mol. The number of hydrogen-bond donors (Lipinski definition) is 2. The molecule has 2 N–H and O–H groups in total. The zero-order valence-corrected chi connectivity index (χ0v) is 15.3. The first-order valence-electron chi connectivity index (χ1n) is 9.97. The van der Waals surface area contributed by atoms with E-state index in [-0.39, 0.29) is 24.4 Å². The van der Waals surface area contributed by atoms with Crippen molar-refractivity contribution < 1.29 is 9.59 Å². The standard InChI is InChI=1S/C19H29N5O2/c25-18(13-24-9-3-1-2-4-19(24)26)22-16-11-23(10-15(16)14-5-6-14)12-17-20-7-8-21-17/h7-8,14-16H,1-6,9-13H2,(H,20,21)(H,22,25)/t15-,16+/m0/s1. The molecule has 0 aromatic carbocycles. The van der Waals surface area contributed by atoms with Crippen molar-refractivity contribution in [1.29, 1.82) is 0 Å². The van der Waals surface area contributed by atoms with Crippen LogP contribution in [-0.2, 0) is 16.1 Å². The average molecular weight is 359 g/mol. The van der Waals surface area contributed by atoms with Crippen molar-refractivity contribution in [2.45, 2.75) is 51.1 Å². The Morgan fingerprint density at radius 3 is 2.92 bits per heavy atom. The third-order valence-corrected chi connectivity index (χ3v) is 5.95. The van der Waals surface area contributed by atoms with E-state index in [1.807, 2.05) is 6.20 Å². The lowest BCUT2D eigenvalue weighted by Gasteiger charge is -2.23. The predicted octanol–water partition coefficient (Wildman–Crippen LogP) is 1.14. The van der Waals surface area contributed by atoms with Crippen molar-refractivity contribution >= 4 is 11.8 Å². The van der Waals surface area contributed by atoms with Crippen molar-refractivity contribution in [3.05, 3.63) is 18.2 Å². The second-order valence-electron chi connectivity index (χ2n) is 8.03. The van der Waals surface area contributed by atoms with E-state index < -0.39 is 0 Å². The van der Waals surface area contributed by atoms with Crippen molar-refractivity contribution in [3.63, 3.8) is 0 Å². The van der Waals surface area contributed by atoms with Gasteiger partial charge in [-0.05, 0) is 37.5 Å². The number of nitrogens with one attached hydrogen (secondary N) is 2. The molecule has 0 bridgehead atoms. The summed E-state index contributed by atoms with van der Waals surface area (Å²) in [6, 6.07) is 0.187. The number of aromatic nitrogens is 2. The van der Waals surface area contributed by atoms with Crippen LogP contribution < -0.4 is 5.32 Å². The highest BCUT2D eigenvalue weighted by molar-refractivity contribution is 5.85. The summed E-state index contributed by atoms with van der Waals surface area (Å²) in [5.41, 5.74) is 0. The van der Waals surface area contributed by atoms with E-state index in [9.17, 15) is 9.59 Å². The summed E-state index contributed by atoms with van der Waals surface area (Å²) in [5.74, 6) is 2.36. The predicted molar refractivity (Wildman–Crippen MR) is 97.1 cm³/mol. The van der Waals surface area contributed by atoms with Crippen LogP contribution in [0.25, 0.3) is 0 Å². The summed E-state index contributed by atoms with van der Waals surface area (Å²) in [5, 5.41) is 3.24. The summed E-state index contributed by atoms with van der Waals surface area (Å²) in [4.78, 5) is 36.3. The summed E-state index contributed by atoms with van der Waals surface area (Å²) in [7, 11) is 0. The zero-order chi connectivity index (χ0) is 17.9. The Labute approximate surface area is 154 Å². The van der Waals surface area contributed by atoms with Gasteiger partial charge in [-0.15, -0.1) is 0 Å². The minimum Gasteiger partial charge on any atom is -0.350 e. The van der Waals surface area contributed by atoms with Crippen molar-refractivity contribution in [3.8, 4) is 0 Å². The SMILES string of the molecule is O=C(CN1CCCCCC1=O)N[C@@H]1CN(Cc2ncc[nH]2)C[C@H]1C1CC1. The molecule has 142 valence electrons. The number of carbonyl (C=O) groups is 2. The molecule has 2 aliphatic heterocycles. The van der Waals surface area contributed by atoms with E-state index >= 15 is 0 Å². The fourth-order valence-corrected chi connectivity index (χ4v) is 4.42. The maximum atomic E-state index is 12.6. The zero-order valence-electron chi connectivity index (χ0n) is 15.3. The van der Waals surface area contributed by atoms with Gasteiger partial charge in [-0.25, -0.2) is 4.98 Å². The van der Waals surface area contributed by atoms with Gasteiger partial charge in [-0.2, -0.15) is 0 Å². The molecule has 1 aromatic rings. The number of likely N-dealkylation sites (tertiary alicyclic amines) is 2. The Balaban J connectivity index is 1.33. The summed E-state index contributed by atoms with van der Waals surface area (Å²) < 4.78 is 0. The van der Waals surface area contributed by atoms with Crippen molar-refractivity contribution in [1.82, 2.24) is 25.1 Å². The fraction of sp³-hybridized carbons (Fsp3) is 0.737. The number of aromatic amines is 1. The molecular weight excluding hydrogens is 330 g/mol.